The van der Waals surface area contributed by atoms with E-state index in [9.17, 15) is 9.18 Å². The third-order valence-corrected chi connectivity index (χ3v) is 5.90. The highest BCUT2D eigenvalue weighted by molar-refractivity contribution is 5.79. The molecule has 0 N–H and O–H groups in total. The second-order valence-corrected chi connectivity index (χ2v) is 8.02. The molecule has 1 aromatic heterocycles. The van der Waals surface area contributed by atoms with E-state index in [1.54, 1.807) is 24.4 Å². The highest BCUT2D eigenvalue weighted by Crippen LogP contribution is 2.30. The molecule has 2 saturated heterocycles. The molecular weight excluding hydrogens is 371 g/mol. The Morgan fingerprint density at radius 3 is 2.72 bits per heavy atom. The molecule has 2 aliphatic rings. The van der Waals surface area contributed by atoms with Gasteiger partial charge in [-0.05, 0) is 58.0 Å². The first-order valence-corrected chi connectivity index (χ1v) is 10.3. The summed E-state index contributed by atoms with van der Waals surface area (Å²) in [5.74, 6) is 0.484. The number of piperidine rings is 2. The Morgan fingerprint density at radius 2 is 1.93 bits per heavy atom. The van der Waals surface area contributed by atoms with Crippen molar-refractivity contribution in [2.45, 2.75) is 31.6 Å². The van der Waals surface area contributed by atoms with Gasteiger partial charge in [-0.1, -0.05) is 12.1 Å². The van der Waals surface area contributed by atoms with E-state index in [-0.39, 0.29) is 29.4 Å². The predicted octanol–water partition coefficient (Wildman–Crippen LogP) is 3.46. The summed E-state index contributed by atoms with van der Waals surface area (Å²) in [4.78, 5) is 26.0. The first-order chi connectivity index (χ1) is 14.1. The minimum Gasteiger partial charge on any atom is -0.434 e. The van der Waals surface area contributed by atoms with Gasteiger partial charge in [0.25, 0.3) is 0 Å². The van der Waals surface area contributed by atoms with Gasteiger partial charge in [0.1, 0.15) is 0 Å². The maximum atomic E-state index is 13.9. The van der Waals surface area contributed by atoms with Crippen molar-refractivity contribution in [2.75, 3.05) is 33.2 Å². The lowest BCUT2D eigenvalue weighted by Crippen LogP contribution is -2.45. The summed E-state index contributed by atoms with van der Waals surface area (Å²) in [6, 6.07) is 6.23. The van der Waals surface area contributed by atoms with Crippen LogP contribution in [0, 0.1) is 11.7 Å². The first-order valence-electron chi connectivity index (χ1n) is 10.3. The molecule has 4 rings (SSSR count). The van der Waals surface area contributed by atoms with E-state index < -0.39 is 5.82 Å². The van der Waals surface area contributed by atoms with Crippen molar-refractivity contribution in [3.63, 3.8) is 0 Å². The number of carbonyl (C=O) groups excluding carboxylic acids is 1. The van der Waals surface area contributed by atoms with Crippen molar-refractivity contribution in [3.05, 3.63) is 48.2 Å². The minimum atomic E-state index is -0.438. The number of benzene rings is 1. The fraction of sp³-hybridized carbons (Fsp3) is 0.500. The van der Waals surface area contributed by atoms with Gasteiger partial charge in [0, 0.05) is 31.1 Å². The van der Waals surface area contributed by atoms with Gasteiger partial charge in [0.15, 0.2) is 11.6 Å². The van der Waals surface area contributed by atoms with Gasteiger partial charge in [-0.15, -0.1) is 0 Å². The SMILES string of the molecule is CN1CCC(C(=O)N2CCC[C@@H](c3cncc(Oc4ccccc4F)n3)C2)CC1. The smallest absolute Gasteiger partial charge is 0.238 e. The molecule has 0 unspecified atom stereocenters. The molecule has 1 aromatic carbocycles. The summed E-state index contributed by atoms with van der Waals surface area (Å²) in [6.45, 7) is 3.42. The Hall–Kier alpha value is -2.54. The number of para-hydroxylation sites is 1. The lowest BCUT2D eigenvalue weighted by atomic mass is 9.91. The fourth-order valence-corrected chi connectivity index (χ4v) is 4.18. The number of amides is 1. The molecule has 1 atom stereocenters. The van der Waals surface area contributed by atoms with Crippen LogP contribution in [0.3, 0.4) is 0 Å². The van der Waals surface area contributed by atoms with Gasteiger partial charge in [-0.2, -0.15) is 0 Å². The van der Waals surface area contributed by atoms with Gasteiger partial charge in [-0.3, -0.25) is 9.78 Å². The summed E-state index contributed by atoms with van der Waals surface area (Å²) in [6.07, 6.45) is 6.98. The monoisotopic (exact) mass is 398 g/mol. The van der Waals surface area contributed by atoms with Gasteiger partial charge in [0.05, 0.1) is 11.9 Å². The van der Waals surface area contributed by atoms with E-state index in [0.29, 0.717) is 6.54 Å². The highest BCUT2D eigenvalue weighted by Gasteiger charge is 2.31. The van der Waals surface area contributed by atoms with Crippen molar-refractivity contribution in [1.29, 1.82) is 0 Å². The summed E-state index contributed by atoms with van der Waals surface area (Å²) in [5, 5.41) is 0. The molecule has 3 heterocycles. The molecule has 7 heteroatoms. The number of hydrogen-bond acceptors (Lipinski definition) is 5. The summed E-state index contributed by atoms with van der Waals surface area (Å²) < 4.78 is 19.4. The molecule has 1 amide bonds. The Labute approximate surface area is 170 Å². The normalized spacial score (nSPS) is 21.2. The summed E-state index contributed by atoms with van der Waals surface area (Å²) in [7, 11) is 2.10. The molecule has 2 aromatic rings. The second kappa shape index (κ2) is 8.86. The van der Waals surface area contributed by atoms with Crippen molar-refractivity contribution in [2.24, 2.45) is 5.92 Å². The molecule has 0 bridgehead atoms. The Kier molecular flexibility index (Phi) is 6.04. The van der Waals surface area contributed by atoms with E-state index >= 15 is 0 Å². The molecule has 0 saturated carbocycles. The van der Waals surface area contributed by atoms with Crippen molar-refractivity contribution < 1.29 is 13.9 Å². The second-order valence-electron chi connectivity index (χ2n) is 8.02. The number of ether oxygens (including phenoxy) is 1. The molecule has 2 aliphatic heterocycles. The lowest BCUT2D eigenvalue weighted by molar-refractivity contribution is -0.138. The van der Waals surface area contributed by atoms with Crippen molar-refractivity contribution in [1.82, 2.24) is 19.8 Å². The number of carbonyl (C=O) groups is 1. The van der Waals surface area contributed by atoms with Gasteiger partial charge < -0.3 is 14.5 Å². The van der Waals surface area contributed by atoms with Crippen LogP contribution in [0.4, 0.5) is 4.39 Å². The Balaban J connectivity index is 1.43. The van der Waals surface area contributed by atoms with Crippen molar-refractivity contribution in [3.8, 4) is 11.6 Å². The van der Waals surface area contributed by atoms with Gasteiger partial charge >= 0.3 is 0 Å². The molecule has 154 valence electrons. The highest BCUT2D eigenvalue weighted by atomic mass is 19.1. The lowest BCUT2D eigenvalue weighted by Gasteiger charge is -2.37. The largest absolute Gasteiger partial charge is 0.434 e. The van der Waals surface area contributed by atoms with Crippen LogP contribution in [0.15, 0.2) is 36.7 Å². The summed E-state index contributed by atoms with van der Waals surface area (Å²) in [5.41, 5.74) is 0.791. The number of nitrogens with zero attached hydrogens (tertiary/aromatic N) is 4. The van der Waals surface area contributed by atoms with Crippen LogP contribution >= 0.6 is 0 Å². The van der Waals surface area contributed by atoms with E-state index in [0.717, 1.165) is 51.0 Å². The zero-order chi connectivity index (χ0) is 20.2. The van der Waals surface area contributed by atoms with E-state index in [1.807, 2.05) is 4.90 Å². The number of halogens is 1. The van der Waals surface area contributed by atoms with Crippen LogP contribution in [0.25, 0.3) is 0 Å². The molecule has 0 radical (unpaired) electrons. The minimum absolute atomic E-state index is 0.121. The standard InChI is InChI=1S/C22H27FN4O2/c1-26-11-8-16(9-12-26)22(28)27-10-4-5-17(15-27)19-13-24-14-21(25-19)29-20-7-3-2-6-18(20)23/h2-3,6-7,13-14,16-17H,4-5,8-12,15H2,1H3/t17-/m1/s1. The third-order valence-electron chi connectivity index (χ3n) is 5.90. The number of aromatic nitrogens is 2. The number of hydrogen-bond donors (Lipinski definition) is 0. The van der Waals surface area contributed by atoms with Crippen LogP contribution < -0.4 is 4.74 Å². The van der Waals surface area contributed by atoms with Gasteiger partial charge in [-0.25, -0.2) is 9.37 Å². The molecular formula is C22H27FN4O2. The topological polar surface area (TPSA) is 58.6 Å². The Bertz CT molecular complexity index is 854. The van der Waals surface area contributed by atoms with E-state index in [2.05, 4.69) is 21.9 Å². The van der Waals surface area contributed by atoms with Crippen molar-refractivity contribution >= 4 is 5.91 Å². The van der Waals surface area contributed by atoms with Crippen LogP contribution in [-0.2, 0) is 4.79 Å². The average molecular weight is 398 g/mol. The molecule has 6 nitrogen and oxygen atoms in total. The molecule has 29 heavy (non-hydrogen) atoms. The predicted molar refractivity (Wildman–Crippen MR) is 107 cm³/mol. The van der Waals surface area contributed by atoms with Crippen LogP contribution in [-0.4, -0.2) is 58.9 Å². The fourth-order valence-electron chi connectivity index (χ4n) is 4.18. The van der Waals surface area contributed by atoms with Gasteiger partial charge in [0.2, 0.25) is 11.8 Å². The van der Waals surface area contributed by atoms with Crippen LogP contribution in [0.1, 0.15) is 37.3 Å². The molecule has 2 fully saturated rings. The quantitative estimate of drug-likeness (QED) is 0.790. The summed E-state index contributed by atoms with van der Waals surface area (Å²) >= 11 is 0. The molecule has 0 spiro atoms. The van der Waals surface area contributed by atoms with E-state index in [4.69, 9.17) is 4.74 Å². The molecule has 0 aliphatic carbocycles. The maximum Gasteiger partial charge on any atom is 0.238 e. The van der Waals surface area contributed by atoms with E-state index in [1.165, 1.54) is 12.3 Å². The van der Waals surface area contributed by atoms with Crippen LogP contribution in [0.2, 0.25) is 0 Å². The average Bonchev–Trinajstić information content (AvgIpc) is 2.76. The zero-order valence-corrected chi connectivity index (χ0v) is 16.8. The number of likely N-dealkylation sites (tertiary alicyclic amines) is 2. The maximum absolute atomic E-state index is 13.9. The zero-order valence-electron chi connectivity index (χ0n) is 16.8. The Morgan fingerprint density at radius 1 is 1.14 bits per heavy atom. The first kappa shape index (κ1) is 19.8. The van der Waals surface area contributed by atoms with Crippen LogP contribution in [0.5, 0.6) is 11.6 Å². The third kappa shape index (κ3) is 4.72. The number of rotatable bonds is 4.